The molecule has 5 heteroatoms. The molecule has 5 nitrogen and oxygen atoms in total. The summed E-state index contributed by atoms with van der Waals surface area (Å²) in [6.45, 7) is -0.101. The van der Waals surface area contributed by atoms with Crippen LogP contribution in [0.15, 0.2) is 42.5 Å². The molecule has 0 unspecified atom stereocenters. The number of aryl methyl sites for hydroxylation is 2. The summed E-state index contributed by atoms with van der Waals surface area (Å²) >= 11 is 0. The number of carbonyl (C=O) groups excluding carboxylic acids is 2. The van der Waals surface area contributed by atoms with Crippen molar-refractivity contribution in [1.82, 2.24) is 4.90 Å². The van der Waals surface area contributed by atoms with Gasteiger partial charge in [-0.05, 0) is 54.7 Å². The Morgan fingerprint density at radius 2 is 1.84 bits per heavy atom. The first-order valence-corrected chi connectivity index (χ1v) is 8.40. The third-order valence-electron chi connectivity index (χ3n) is 4.34. The Morgan fingerprint density at radius 3 is 2.64 bits per heavy atom. The molecule has 0 spiro atoms. The zero-order valence-corrected chi connectivity index (χ0v) is 14.5. The van der Waals surface area contributed by atoms with E-state index >= 15 is 0 Å². The molecule has 0 saturated heterocycles. The third kappa shape index (κ3) is 3.99. The topological polar surface area (TPSA) is 58.6 Å². The second-order valence-electron chi connectivity index (χ2n) is 6.36. The smallest absolute Gasteiger partial charge is 0.259 e. The highest BCUT2D eigenvalue weighted by atomic mass is 16.5. The third-order valence-corrected chi connectivity index (χ3v) is 4.34. The number of likely N-dealkylation sites (N-methyl/N-ethyl adjacent to an activating group) is 1. The summed E-state index contributed by atoms with van der Waals surface area (Å²) in [4.78, 5) is 25.8. The van der Waals surface area contributed by atoms with Crippen LogP contribution in [-0.2, 0) is 17.6 Å². The van der Waals surface area contributed by atoms with Crippen molar-refractivity contribution in [1.29, 1.82) is 0 Å². The van der Waals surface area contributed by atoms with Crippen LogP contribution in [0.5, 0.6) is 5.75 Å². The predicted octanol–water partition coefficient (Wildman–Crippen LogP) is 2.89. The number of nitrogens with one attached hydrogen (secondary N) is 1. The van der Waals surface area contributed by atoms with Crippen molar-refractivity contribution in [3.63, 3.8) is 0 Å². The minimum atomic E-state index is -0.245. The summed E-state index contributed by atoms with van der Waals surface area (Å²) in [7, 11) is 3.33. The zero-order valence-electron chi connectivity index (χ0n) is 14.5. The molecule has 1 aliphatic rings. The molecule has 0 aromatic heterocycles. The minimum Gasteiger partial charge on any atom is -0.483 e. The fraction of sp³-hybridized carbons (Fsp3) is 0.300. The van der Waals surface area contributed by atoms with E-state index in [1.807, 2.05) is 12.1 Å². The Bertz CT molecular complexity index is 799. The van der Waals surface area contributed by atoms with Crippen LogP contribution < -0.4 is 10.1 Å². The van der Waals surface area contributed by atoms with Crippen LogP contribution in [0.3, 0.4) is 0 Å². The molecule has 0 aliphatic heterocycles. The van der Waals surface area contributed by atoms with Crippen molar-refractivity contribution in [2.45, 2.75) is 19.3 Å². The van der Waals surface area contributed by atoms with Crippen molar-refractivity contribution < 1.29 is 14.3 Å². The predicted molar refractivity (Wildman–Crippen MR) is 97.1 cm³/mol. The van der Waals surface area contributed by atoms with Gasteiger partial charge in [-0.25, -0.2) is 0 Å². The lowest BCUT2D eigenvalue weighted by atomic mass is 10.1. The number of rotatable bonds is 5. The molecule has 0 saturated carbocycles. The van der Waals surface area contributed by atoms with Crippen molar-refractivity contribution in [3.8, 4) is 5.75 Å². The van der Waals surface area contributed by atoms with Crippen LogP contribution >= 0.6 is 0 Å². The van der Waals surface area contributed by atoms with Crippen LogP contribution in [0.25, 0.3) is 0 Å². The molecule has 0 bridgehead atoms. The van der Waals surface area contributed by atoms with Gasteiger partial charge in [0.15, 0.2) is 6.61 Å². The lowest BCUT2D eigenvalue weighted by Gasteiger charge is -2.14. The van der Waals surface area contributed by atoms with E-state index in [9.17, 15) is 9.59 Å². The number of para-hydroxylation sites is 1. The van der Waals surface area contributed by atoms with Gasteiger partial charge in [0.2, 0.25) is 0 Å². The molecule has 1 aliphatic carbocycles. The molecule has 0 fully saturated rings. The number of ether oxygens (including phenoxy) is 1. The maximum atomic E-state index is 12.6. The minimum absolute atomic E-state index is 0.101. The average molecular weight is 338 g/mol. The van der Waals surface area contributed by atoms with E-state index in [2.05, 4.69) is 11.4 Å². The summed E-state index contributed by atoms with van der Waals surface area (Å²) in [5, 5.41) is 2.92. The SMILES string of the molecule is CN(C)C(=O)COc1ccccc1C(=O)Nc1ccc2c(c1)CCC2. The standard InChI is InChI=1S/C20H22N2O3/c1-22(2)19(23)13-25-18-9-4-3-8-17(18)20(24)21-16-11-10-14-6-5-7-15(14)12-16/h3-4,8-12H,5-7,13H2,1-2H3,(H,21,24). The molecule has 3 rings (SSSR count). The summed E-state index contributed by atoms with van der Waals surface area (Å²) in [6.07, 6.45) is 3.34. The molecule has 0 heterocycles. The van der Waals surface area contributed by atoms with Crippen LogP contribution in [0.4, 0.5) is 5.69 Å². The number of fused-ring (bicyclic) bond motifs is 1. The van der Waals surface area contributed by atoms with Crippen LogP contribution in [0, 0.1) is 0 Å². The second-order valence-corrected chi connectivity index (χ2v) is 6.36. The molecule has 2 amide bonds. The first-order chi connectivity index (χ1) is 12.0. The van der Waals surface area contributed by atoms with Crippen molar-refractivity contribution in [2.24, 2.45) is 0 Å². The number of hydrogen-bond acceptors (Lipinski definition) is 3. The highest BCUT2D eigenvalue weighted by Crippen LogP contribution is 2.26. The van der Waals surface area contributed by atoms with Gasteiger partial charge in [0.25, 0.3) is 11.8 Å². The molecular formula is C20H22N2O3. The Morgan fingerprint density at radius 1 is 1.08 bits per heavy atom. The fourth-order valence-corrected chi connectivity index (χ4v) is 2.90. The normalized spacial score (nSPS) is 12.4. The number of hydrogen-bond donors (Lipinski definition) is 1. The van der Waals surface area contributed by atoms with Crippen molar-refractivity contribution >= 4 is 17.5 Å². The van der Waals surface area contributed by atoms with E-state index in [0.717, 1.165) is 18.5 Å². The molecule has 2 aromatic carbocycles. The summed E-state index contributed by atoms with van der Waals surface area (Å²) in [6, 6.07) is 13.0. The van der Waals surface area contributed by atoms with Crippen LogP contribution in [0.1, 0.15) is 27.9 Å². The number of nitrogens with zero attached hydrogens (tertiary/aromatic N) is 1. The van der Waals surface area contributed by atoms with Gasteiger partial charge in [0.05, 0.1) is 5.56 Å². The molecule has 0 atom stereocenters. The first-order valence-electron chi connectivity index (χ1n) is 8.40. The van der Waals surface area contributed by atoms with Crippen LogP contribution in [0.2, 0.25) is 0 Å². The van der Waals surface area contributed by atoms with Gasteiger partial charge in [-0.2, -0.15) is 0 Å². The Labute approximate surface area is 147 Å². The van der Waals surface area contributed by atoms with Gasteiger partial charge < -0.3 is 15.0 Å². The number of anilines is 1. The van der Waals surface area contributed by atoms with E-state index in [4.69, 9.17) is 4.74 Å². The van der Waals surface area contributed by atoms with E-state index in [-0.39, 0.29) is 18.4 Å². The summed E-state index contributed by atoms with van der Waals surface area (Å²) in [5.74, 6) is -0.00366. The fourth-order valence-electron chi connectivity index (χ4n) is 2.90. The highest BCUT2D eigenvalue weighted by Gasteiger charge is 2.16. The largest absolute Gasteiger partial charge is 0.483 e. The van der Waals surface area contributed by atoms with Gasteiger partial charge in [0.1, 0.15) is 5.75 Å². The summed E-state index contributed by atoms with van der Waals surface area (Å²) < 4.78 is 5.54. The average Bonchev–Trinajstić information content (AvgIpc) is 3.07. The Balaban J connectivity index is 1.72. The Hall–Kier alpha value is -2.82. The first kappa shape index (κ1) is 17.0. The molecular weight excluding hydrogens is 316 g/mol. The maximum absolute atomic E-state index is 12.6. The number of benzene rings is 2. The van der Waals surface area contributed by atoms with Gasteiger partial charge in [-0.15, -0.1) is 0 Å². The molecule has 2 aromatic rings. The van der Waals surface area contributed by atoms with Gasteiger partial charge in [-0.3, -0.25) is 9.59 Å². The number of carbonyl (C=O) groups is 2. The van der Waals surface area contributed by atoms with Gasteiger partial charge >= 0.3 is 0 Å². The van der Waals surface area contributed by atoms with Crippen molar-refractivity contribution in [2.75, 3.05) is 26.0 Å². The maximum Gasteiger partial charge on any atom is 0.259 e. The van der Waals surface area contributed by atoms with Crippen molar-refractivity contribution in [3.05, 3.63) is 59.2 Å². The van der Waals surface area contributed by atoms with Gasteiger partial charge in [0, 0.05) is 19.8 Å². The van der Waals surface area contributed by atoms with Gasteiger partial charge in [-0.1, -0.05) is 18.2 Å². The molecule has 1 N–H and O–H groups in total. The monoisotopic (exact) mass is 338 g/mol. The van der Waals surface area contributed by atoms with E-state index in [0.29, 0.717) is 11.3 Å². The van der Waals surface area contributed by atoms with E-state index in [1.54, 1.807) is 38.4 Å². The van der Waals surface area contributed by atoms with Crippen LogP contribution in [-0.4, -0.2) is 37.4 Å². The lowest BCUT2D eigenvalue weighted by molar-refractivity contribution is -0.130. The molecule has 0 radical (unpaired) electrons. The van der Waals surface area contributed by atoms with E-state index < -0.39 is 0 Å². The second kappa shape index (κ2) is 7.38. The molecule has 25 heavy (non-hydrogen) atoms. The lowest BCUT2D eigenvalue weighted by Crippen LogP contribution is -2.28. The quantitative estimate of drug-likeness (QED) is 0.912. The van der Waals surface area contributed by atoms with E-state index in [1.165, 1.54) is 22.4 Å². The zero-order chi connectivity index (χ0) is 17.8. The number of amides is 2. The highest BCUT2D eigenvalue weighted by molar-refractivity contribution is 6.06. The Kier molecular flexibility index (Phi) is 5.03. The summed E-state index contributed by atoms with van der Waals surface area (Å²) in [5.41, 5.74) is 3.86. The molecule has 130 valence electrons.